The number of benzene rings is 2. The fraction of sp³-hybridized carbons (Fsp3) is 0.500. The maximum Gasteiger partial charge on any atom is 0.395 e. The molecule has 1 aliphatic carbocycles. The average molecular weight is 538 g/mol. The molecule has 0 spiro atoms. The highest BCUT2D eigenvalue weighted by atomic mass is 35.5. The van der Waals surface area contributed by atoms with E-state index in [2.05, 4.69) is 10.6 Å². The summed E-state index contributed by atoms with van der Waals surface area (Å²) in [6.07, 6.45) is -3.99. The van der Waals surface area contributed by atoms with E-state index >= 15 is 0 Å². The minimum atomic E-state index is -4.39. The highest BCUT2D eigenvalue weighted by Crippen LogP contribution is 2.66. The van der Waals surface area contributed by atoms with Gasteiger partial charge in [-0.25, -0.2) is 0 Å². The summed E-state index contributed by atoms with van der Waals surface area (Å²) in [4.78, 5) is 27.0. The molecule has 0 unspecified atom stereocenters. The van der Waals surface area contributed by atoms with E-state index in [1.54, 1.807) is 31.3 Å². The largest absolute Gasteiger partial charge is 0.395 e. The number of nitrogens with one attached hydrogen (secondary N) is 2. The molecule has 1 saturated carbocycles. The van der Waals surface area contributed by atoms with Gasteiger partial charge in [-0.3, -0.25) is 9.59 Å². The minimum Gasteiger partial charge on any atom is -0.355 e. The molecule has 37 heavy (non-hydrogen) atoms. The van der Waals surface area contributed by atoms with Crippen LogP contribution in [0.5, 0.6) is 0 Å². The van der Waals surface area contributed by atoms with Crippen LogP contribution < -0.4 is 10.6 Å². The number of alkyl halides is 3. The van der Waals surface area contributed by atoms with Gasteiger partial charge in [0.05, 0.1) is 5.41 Å². The van der Waals surface area contributed by atoms with Crippen LogP contribution in [0.25, 0.3) is 0 Å². The van der Waals surface area contributed by atoms with Crippen LogP contribution in [-0.2, 0) is 11.2 Å². The first kappa shape index (κ1) is 29.0. The normalized spacial score (nSPS) is 16.3. The van der Waals surface area contributed by atoms with E-state index in [4.69, 9.17) is 11.6 Å². The molecule has 0 aliphatic heterocycles. The van der Waals surface area contributed by atoms with Gasteiger partial charge in [0.1, 0.15) is 0 Å². The fourth-order valence-electron chi connectivity index (χ4n) is 5.04. The molecule has 2 atom stereocenters. The molecule has 0 aromatic heterocycles. The molecule has 5 nitrogen and oxygen atoms in total. The molecule has 0 heterocycles. The first-order valence-corrected chi connectivity index (χ1v) is 12.7. The second kappa shape index (κ2) is 11.4. The zero-order chi connectivity index (χ0) is 27.5. The zero-order valence-corrected chi connectivity index (χ0v) is 22.7. The Balaban J connectivity index is 1.73. The van der Waals surface area contributed by atoms with E-state index < -0.39 is 23.4 Å². The van der Waals surface area contributed by atoms with Crippen molar-refractivity contribution in [1.82, 2.24) is 15.5 Å². The number of amides is 2. The van der Waals surface area contributed by atoms with E-state index in [-0.39, 0.29) is 37.8 Å². The molecule has 0 saturated heterocycles. The smallest absolute Gasteiger partial charge is 0.355 e. The molecular weight excluding hydrogens is 503 g/mol. The topological polar surface area (TPSA) is 61.4 Å². The monoisotopic (exact) mass is 537 g/mol. The Morgan fingerprint density at radius 2 is 1.65 bits per heavy atom. The van der Waals surface area contributed by atoms with Crippen LogP contribution in [0.3, 0.4) is 0 Å². The maximum absolute atomic E-state index is 14.0. The fourth-order valence-corrected chi connectivity index (χ4v) is 5.17. The number of rotatable bonds is 10. The van der Waals surface area contributed by atoms with Crippen LogP contribution in [0.1, 0.15) is 57.8 Å². The Hall–Kier alpha value is -2.58. The van der Waals surface area contributed by atoms with Crippen molar-refractivity contribution in [3.05, 3.63) is 69.2 Å². The van der Waals surface area contributed by atoms with Crippen LogP contribution in [0.15, 0.2) is 36.4 Å². The highest BCUT2D eigenvalue weighted by Gasteiger charge is 2.67. The van der Waals surface area contributed by atoms with Gasteiger partial charge in [0.25, 0.3) is 5.91 Å². The van der Waals surface area contributed by atoms with Gasteiger partial charge < -0.3 is 15.5 Å². The number of carbonyl (C=O) groups excluding carboxylic acids is 2. The molecular formula is C28H35ClF3N3O2. The Labute approximate surface area is 221 Å². The standard InChI is InChI=1S/C28H35ClF3N3O2/c1-17-12-20(26(37)33-3)13-18(2)23(17)14-22(35(4)5)16-34-25(36)15-24(19-6-8-21(29)9-7-19)27(10-11-27)28(30,31)32/h6-9,12-13,22,24H,10-11,14-16H2,1-5H3,(H,33,37)(H,34,36)/t22-,24-/m0/s1. The van der Waals surface area contributed by atoms with E-state index in [0.717, 1.165) is 16.7 Å². The van der Waals surface area contributed by atoms with Crippen molar-refractivity contribution in [1.29, 1.82) is 0 Å². The van der Waals surface area contributed by atoms with E-state index in [1.807, 2.05) is 45.0 Å². The predicted octanol–water partition coefficient (Wildman–Crippen LogP) is 5.42. The van der Waals surface area contributed by atoms with Crippen LogP contribution in [0, 0.1) is 19.3 Å². The number of hydrogen-bond donors (Lipinski definition) is 2. The zero-order valence-electron chi connectivity index (χ0n) is 21.9. The summed E-state index contributed by atoms with van der Waals surface area (Å²) >= 11 is 5.95. The van der Waals surface area contributed by atoms with Crippen molar-refractivity contribution in [2.24, 2.45) is 5.41 Å². The summed E-state index contributed by atoms with van der Waals surface area (Å²) in [6.45, 7) is 4.18. The quantitative estimate of drug-likeness (QED) is 0.425. The highest BCUT2D eigenvalue weighted by molar-refractivity contribution is 6.30. The third-order valence-corrected chi connectivity index (χ3v) is 7.82. The molecule has 3 rings (SSSR count). The summed E-state index contributed by atoms with van der Waals surface area (Å²) in [5.41, 5.74) is 2.21. The minimum absolute atomic E-state index is 0.0159. The molecule has 0 radical (unpaired) electrons. The first-order chi connectivity index (χ1) is 17.3. The number of aryl methyl sites for hydroxylation is 2. The molecule has 2 aromatic carbocycles. The predicted molar refractivity (Wildman–Crippen MR) is 140 cm³/mol. The molecule has 0 bridgehead atoms. The number of hydrogen-bond acceptors (Lipinski definition) is 3. The summed E-state index contributed by atoms with van der Waals surface area (Å²) in [7, 11) is 5.39. The molecule has 1 fully saturated rings. The molecule has 202 valence electrons. The lowest BCUT2D eigenvalue weighted by molar-refractivity contribution is -0.194. The summed E-state index contributed by atoms with van der Waals surface area (Å²) < 4.78 is 42.0. The lowest BCUT2D eigenvalue weighted by Crippen LogP contribution is -2.43. The molecule has 2 aromatic rings. The van der Waals surface area contributed by atoms with Crippen LogP contribution >= 0.6 is 11.6 Å². The third kappa shape index (κ3) is 6.65. The summed E-state index contributed by atoms with van der Waals surface area (Å²) in [5.74, 6) is -1.54. The van der Waals surface area contributed by atoms with Gasteiger partial charge in [-0.15, -0.1) is 0 Å². The van der Waals surface area contributed by atoms with Crippen molar-refractivity contribution < 1.29 is 22.8 Å². The molecule has 2 amide bonds. The van der Waals surface area contributed by atoms with Crippen molar-refractivity contribution in [3.8, 4) is 0 Å². The lowest BCUT2D eigenvalue weighted by Gasteiger charge is -2.30. The van der Waals surface area contributed by atoms with Crippen LogP contribution in [-0.4, -0.2) is 56.6 Å². The molecule has 1 aliphatic rings. The SMILES string of the molecule is CNC(=O)c1cc(C)c(C[C@@H](CNC(=O)C[C@@H](c2ccc(Cl)cc2)C2(C(F)(F)F)CC2)N(C)C)c(C)c1. The second-order valence-corrected chi connectivity index (χ2v) is 10.7. The van der Waals surface area contributed by atoms with Gasteiger partial charge in [-0.1, -0.05) is 23.7 Å². The van der Waals surface area contributed by atoms with E-state index in [9.17, 15) is 22.8 Å². The van der Waals surface area contributed by atoms with E-state index in [0.29, 0.717) is 22.6 Å². The maximum atomic E-state index is 14.0. The second-order valence-electron chi connectivity index (χ2n) is 10.3. The average Bonchev–Trinajstić information content (AvgIpc) is 3.63. The molecule has 2 N–H and O–H groups in total. The van der Waals surface area contributed by atoms with Crippen molar-refractivity contribution >= 4 is 23.4 Å². The molecule has 9 heteroatoms. The number of carbonyl (C=O) groups is 2. The van der Waals surface area contributed by atoms with Crippen LogP contribution in [0.2, 0.25) is 5.02 Å². The van der Waals surface area contributed by atoms with Gasteiger partial charge in [-0.2, -0.15) is 13.2 Å². The van der Waals surface area contributed by atoms with Gasteiger partial charge in [0, 0.05) is 42.6 Å². The van der Waals surface area contributed by atoms with Crippen molar-refractivity contribution in [3.63, 3.8) is 0 Å². The van der Waals surface area contributed by atoms with E-state index in [1.165, 1.54) is 0 Å². The van der Waals surface area contributed by atoms with Gasteiger partial charge >= 0.3 is 6.18 Å². The number of halogens is 4. The Kier molecular flexibility index (Phi) is 8.96. The Morgan fingerprint density at radius 1 is 1.08 bits per heavy atom. The van der Waals surface area contributed by atoms with Gasteiger partial charge in [0.2, 0.25) is 5.91 Å². The van der Waals surface area contributed by atoms with Crippen LogP contribution in [0.4, 0.5) is 13.2 Å². The number of nitrogens with zero attached hydrogens (tertiary/aromatic N) is 1. The van der Waals surface area contributed by atoms with Crippen molar-refractivity contribution in [2.75, 3.05) is 27.7 Å². The summed E-state index contributed by atoms with van der Waals surface area (Å²) in [6, 6.07) is 9.90. The first-order valence-electron chi connectivity index (χ1n) is 12.4. The number of likely N-dealkylation sites (N-methyl/N-ethyl adjacent to an activating group) is 1. The van der Waals surface area contributed by atoms with Gasteiger partial charge in [0.15, 0.2) is 0 Å². The van der Waals surface area contributed by atoms with Crippen molar-refractivity contribution in [2.45, 2.75) is 57.7 Å². The lowest BCUT2D eigenvalue weighted by atomic mass is 9.80. The Bertz CT molecular complexity index is 1110. The Morgan fingerprint density at radius 3 is 2.11 bits per heavy atom. The summed E-state index contributed by atoms with van der Waals surface area (Å²) in [5, 5.41) is 5.95. The van der Waals surface area contributed by atoms with Gasteiger partial charge in [-0.05, 0) is 93.7 Å². The third-order valence-electron chi connectivity index (χ3n) is 7.57.